The molecule has 138 valence electrons. The second-order valence-electron chi connectivity index (χ2n) is 6.83. The summed E-state index contributed by atoms with van der Waals surface area (Å²) in [5.74, 6) is 2.34. The lowest BCUT2D eigenvalue weighted by Gasteiger charge is -2.28. The molecule has 2 aromatic carbocycles. The average Bonchev–Trinajstić information content (AvgIpc) is 2.66. The molecule has 0 unspecified atom stereocenters. The van der Waals surface area contributed by atoms with Crippen molar-refractivity contribution in [2.45, 2.75) is 32.4 Å². The van der Waals surface area contributed by atoms with Crippen LogP contribution in [0.5, 0.6) is 17.2 Å². The van der Waals surface area contributed by atoms with Crippen LogP contribution >= 0.6 is 0 Å². The van der Waals surface area contributed by atoms with Crippen molar-refractivity contribution in [3.05, 3.63) is 54.1 Å². The molecule has 2 aromatic rings. The topological polar surface area (TPSA) is 56.8 Å². The quantitative estimate of drug-likeness (QED) is 0.858. The van der Waals surface area contributed by atoms with E-state index in [2.05, 4.69) is 19.2 Å². The lowest BCUT2D eigenvalue weighted by molar-refractivity contribution is -0.131. The number of carbonyl (C=O) groups is 1. The average molecular weight is 355 g/mol. The zero-order chi connectivity index (χ0) is 18.5. The van der Waals surface area contributed by atoms with Gasteiger partial charge in [-0.1, -0.05) is 38.1 Å². The van der Waals surface area contributed by atoms with Crippen LogP contribution in [-0.4, -0.2) is 25.7 Å². The van der Waals surface area contributed by atoms with E-state index in [1.54, 1.807) is 7.11 Å². The molecule has 0 fully saturated rings. The molecular formula is C21H25NO4. The molecule has 0 bridgehead atoms. The molecule has 0 saturated carbocycles. The smallest absolute Gasteiger partial charge is 0.265 e. The molecule has 0 spiro atoms. The Morgan fingerprint density at radius 1 is 1.15 bits per heavy atom. The summed E-state index contributed by atoms with van der Waals surface area (Å²) in [6.45, 7) is 4.48. The van der Waals surface area contributed by atoms with Gasteiger partial charge in [-0.15, -0.1) is 0 Å². The van der Waals surface area contributed by atoms with Gasteiger partial charge >= 0.3 is 0 Å². The number of carbonyl (C=O) groups excluding carboxylic acids is 1. The summed E-state index contributed by atoms with van der Waals surface area (Å²) in [6.07, 6.45) is 0.181. The highest BCUT2D eigenvalue weighted by atomic mass is 16.6. The van der Waals surface area contributed by atoms with E-state index in [-0.39, 0.29) is 18.6 Å². The molecular weight excluding hydrogens is 330 g/mol. The number of para-hydroxylation sites is 2. The summed E-state index contributed by atoms with van der Waals surface area (Å²) >= 11 is 0. The summed E-state index contributed by atoms with van der Waals surface area (Å²) in [5, 5.41) is 3.12. The van der Waals surface area contributed by atoms with Crippen LogP contribution in [0, 0.1) is 5.92 Å². The van der Waals surface area contributed by atoms with Crippen LogP contribution in [0.15, 0.2) is 48.5 Å². The summed E-state index contributed by atoms with van der Waals surface area (Å²) < 4.78 is 16.7. The van der Waals surface area contributed by atoms with Gasteiger partial charge in [-0.2, -0.15) is 0 Å². The van der Waals surface area contributed by atoms with Crippen LogP contribution in [-0.2, 0) is 4.79 Å². The standard InChI is InChI=1S/C21H25NO4/c1-14(2)12-17(15-8-10-16(24-3)11-9-15)22-21(23)20-13-25-18-6-4-5-7-19(18)26-20/h4-11,14,17,20H,12-13H2,1-3H3,(H,22,23)/t17-,20+/m1/s1. The van der Waals surface area contributed by atoms with Gasteiger partial charge in [0.1, 0.15) is 12.4 Å². The first kappa shape index (κ1) is 18.1. The fourth-order valence-electron chi connectivity index (χ4n) is 3.00. The molecule has 0 aliphatic carbocycles. The maximum atomic E-state index is 12.8. The Kier molecular flexibility index (Phi) is 5.66. The highest BCUT2D eigenvalue weighted by Crippen LogP contribution is 2.31. The Bertz CT molecular complexity index is 742. The van der Waals surface area contributed by atoms with Crippen molar-refractivity contribution in [2.75, 3.05) is 13.7 Å². The maximum absolute atomic E-state index is 12.8. The SMILES string of the molecule is COc1ccc([C@@H](CC(C)C)NC(=O)[C@@H]2COc3ccccc3O2)cc1. The Morgan fingerprint density at radius 2 is 1.85 bits per heavy atom. The molecule has 0 aromatic heterocycles. The monoisotopic (exact) mass is 355 g/mol. The van der Waals surface area contributed by atoms with Crippen LogP contribution in [0.1, 0.15) is 31.9 Å². The number of methoxy groups -OCH3 is 1. The first-order valence-electron chi connectivity index (χ1n) is 8.89. The zero-order valence-corrected chi connectivity index (χ0v) is 15.4. The van der Waals surface area contributed by atoms with Gasteiger partial charge in [0.2, 0.25) is 6.10 Å². The van der Waals surface area contributed by atoms with E-state index in [1.165, 1.54) is 0 Å². The lowest BCUT2D eigenvalue weighted by atomic mass is 9.96. The van der Waals surface area contributed by atoms with Crippen molar-refractivity contribution >= 4 is 5.91 Å². The van der Waals surface area contributed by atoms with Crippen LogP contribution in [0.4, 0.5) is 0 Å². The minimum atomic E-state index is -0.655. The molecule has 26 heavy (non-hydrogen) atoms. The van der Waals surface area contributed by atoms with Gasteiger partial charge in [0.15, 0.2) is 11.5 Å². The van der Waals surface area contributed by atoms with Gasteiger partial charge in [-0.3, -0.25) is 4.79 Å². The van der Waals surface area contributed by atoms with E-state index >= 15 is 0 Å². The van der Waals surface area contributed by atoms with E-state index in [1.807, 2.05) is 48.5 Å². The van der Waals surface area contributed by atoms with E-state index in [0.717, 1.165) is 17.7 Å². The van der Waals surface area contributed by atoms with Gasteiger partial charge in [-0.25, -0.2) is 0 Å². The lowest BCUT2D eigenvalue weighted by Crippen LogP contribution is -2.45. The highest BCUT2D eigenvalue weighted by molar-refractivity contribution is 5.82. The molecule has 3 rings (SSSR count). The van der Waals surface area contributed by atoms with Gasteiger partial charge < -0.3 is 19.5 Å². The van der Waals surface area contributed by atoms with Gasteiger partial charge in [0, 0.05) is 0 Å². The third-order valence-electron chi connectivity index (χ3n) is 4.34. The van der Waals surface area contributed by atoms with Crippen molar-refractivity contribution in [1.82, 2.24) is 5.32 Å². The van der Waals surface area contributed by atoms with Crippen molar-refractivity contribution in [3.63, 3.8) is 0 Å². The first-order valence-corrected chi connectivity index (χ1v) is 8.89. The van der Waals surface area contributed by atoms with E-state index in [9.17, 15) is 4.79 Å². The first-order chi connectivity index (χ1) is 12.6. The largest absolute Gasteiger partial charge is 0.497 e. The minimum absolute atomic E-state index is 0.0887. The number of rotatable bonds is 6. The number of hydrogen-bond donors (Lipinski definition) is 1. The fourth-order valence-corrected chi connectivity index (χ4v) is 3.00. The Labute approximate surface area is 154 Å². The van der Waals surface area contributed by atoms with Crippen molar-refractivity contribution in [2.24, 2.45) is 5.92 Å². The molecule has 1 aliphatic heterocycles. The predicted octanol–water partition coefficient (Wildman–Crippen LogP) is 3.74. The molecule has 1 N–H and O–H groups in total. The Morgan fingerprint density at radius 3 is 2.50 bits per heavy atom. The predicted molar refractivity (Wildman–Crippen MR) is 99.7 cm³/mol. The third-order valence-corrected chi connectivity index (χ3v) is 4.34. The summed E-state index contributed by atoms with van der Waals surface area (Å²) in [5.41, 5.74) is 1.05. The third kappa shape index (κ3) is 4.28. The summed E-state index contributed by atoms with van der Waals surface area (Å²) in [4.78, 5) is 12.8. The van der Waals surface area contributed by atoms with E-state index < -0.39 is 6.10 Å². The highest BCUT2D eigenvalue weighted by Gasteiger charge is 2.29. The molecule has 0 saturated heterocycles. The number of ether oxygens (including phenoxy) is 3. The second kappa shape index (κ2) is 8.13. The molecule has 5 heteroatoms. The number of nitrogens with one attached hydrogen (secondary N) is 1. The number of benzene rings is 2. The molecule has 1 amide bonds. The minimum Gasteiger partial charge on any atom is -0.497 e. The zero-order valence-electron chi connectivity index (χ0n) is 15.4. The normalized spacial score (nSPS) is 16.8. The molecule has 0 radical (unpaired) electrons. The molecule has 1 aliphatic rings. The van der Waals surface area contributed by atoms with E-state index in [0.29, 0.717) is 17.4 Å². The van der Waals surface area contributed by atoms with Crippen LogP contribution in [0.25, 0.3) is 0 Å². The second-order valence-corrected chi connectivity index (χ2v) is 6.83. The fraction of sp³-hybridized carbons (Fsp3) is 0.381. The van der Waals surface area contributed by atoms with Crippen LogP contribution in [0.3, 0.4) is 0 Å². The number of hydrogen-bond acceptors (Lipinski definition) is 4. The van der Waals surface area contributed by atoms with Gasteiger partial charge in [-0.05, 0) is 42.2 Å². The van der Waals surface area contributed by atoms with Crippen molar-refractivity contribution in [3.8, 4) is 17.2 Å². The Hall–Kier alpha value is -2.69. The van der Waals surface area contributed by atoms with Crippen LogP contribution < -0.4 is 19.5 Å². The van der Waals surface area contributed by atoms with Gasteiger partial charge in [0.25, 0.3) is 5.91 Å². The maximum Gasteiger partial charge on any atom is 0.265 e. The number of amides is 1. The van der Waals surface area contributed by atoms with Crippen LogP contribution in [0.2, 0.25) is 0 Å². The molecule has 2 atom stereocenters. The summed E-state index contributed by atoms with van der Waals surface area (Å²) in [6, 6.07) is 15.1. The molecule has 1 heterocycles. The number of fused-ring (bicyclic) bond motifs is 1. The van der Waals surface area contributed by atoms with Crippen molar-refractivity contribution in [1.29, 1.82) is 0 Å². The van der Waals surface area contributed by atoms with E-state index in [4.69, 9.17) is 14.2 Å². The van der Waals surface area contributed by atoms with Gasteiger partial charge in [0.05, 0.1) is 13.2 Å². The van der Waals surface area contributed by atoms with Crippen molar-refractivity contribution < 1.29 is 19.0 Å². The summed E-state index contributed by atoms with van der Waals surface area (Å²) in [7, 11) is 1.64. The molecule has 5 nitrogen and oxygen atoms in total. The Balaban J connectivity index is 1.71.